The van der Waals surface area contributed by atoms with Gasteiger partial charge in [0.05, 0.1) is 22.3 Å². The van der Waals surface area contributed by atoms with E-state index in [1.165, 1.54) is 10.4 Å². The first-order chi connectivity index (χ1) is 15.4. The van der Waals surface area contributed by atoms with Crippen LogP contribution in [0.1, 0.15) is 48.8 Å². The summed E-state index contributed by atoms with van der Waals surface area (Å²) in [4.78, 5) is 19.9. The van der Waals surface area contributed by atoms with Crippen molar-refractivity contribution >= 4 is 21.6 Å². The number of carbonyl (C=O) groups excluding carboxylic acids is 1. The fourth-order valence-electron chi connectivity index (χ4n) is 3.93. The van der Waals surface area contributed by atoms with Crippen molar-refractivity contribution in [3.63, 3.8) is 0 Å². The molecule has 4 rings (SSSR count). The molecule has 166 valence electrons. The number of anilines is 1. The molecule has 1 aliphatic carbocycles. The van der Waals surface area contributed by atoms with Crippen molar-refractivity contribution in [1.82, 2.24) is 9.88 Å². The number of hydrogen-bond donors (Lipinski definition) is 0. The minimum absolute atomic E-state index is 0.107. The summed E-state index contributed by atoms with van der Waals surface area (Å²) in [5, 5.41) is 0. The molecule has 0 spiro atoms. The lowest BCUT2D eigenvalue weighted by molar-refractivity contribution is 0.0670. The highest BCUT2D eigenvalue weighted by Gasteiger charge is 2.37. The molecule has 32 heavy (non-hydrogen) atoms. The van der Waals surface area contributed by atoms with E-state index in [1.54, 1.807) is 55.6 Å². The van der Waals surface area contributed by atoms with Crippen LogP contribution in [0, 0.1) is 0 Å². The van der Waals surface area contributed by atoms with E-state index >= 15 is 0 Å². The lowest BCUT2D eigenvalue weighted by Crippen LogP contribution is -2.36. The number of pyridine rings is 1. The molecule has 1 saturated carbocycles. The quantitative estimate of drug-likeness (QED) is 0.501. The third-order valence-electron chi connectivity index (χ3n) is 5.71. The van der Waals surface area contributed by atoms with Gasteiger partial charge in [-0.15, -0.1) is 0 Å². The van der Waals surface area contributed by atoms with E-state index < -0.39 is 10.0 Å². The van der Waals surface area contributed by atoms with Gasteiger partial charge in [-0.1, -0.05) is 30.3 Å². The Bertz CT molecular complexity index is 1180. The fourth-order valence-corrected chi connectivity index (χ4v) is 5.45. The molecule has 3 aromatic rings. The summed E-state index contributed by atoms with van der Waals surface area (Å²) in [5.41, 5.74) is 1.78. The summed E-state index contributed by atoms with van der Waals surface area (Å²) in [6, 6.07) is 20.9. The zero-order valence-electron chi connectivity index (χ0n) is 18.3. The topological polar surface area (TPSA) is 70.6 Å². The van der Waals surface area contributed by atoms with E-state index in [2.05, 4.69) is 4.98 Å². The predicted octanol–water partition coefficient (Wildman–Crippen LogP) is 4.66. The fraction of sp³-hybridized carbons (Fsp3) is 0.280. The second-order valence-electron chi connectivity index (χ2n) is 7.91. The third-order valence-corrected chi connectivity index (χ3v) is 7.61. The molecule has 1 heterocycles. The van der Waals surface area contributed by atoms with Gasteiger partial charge < -0.3 is 4.90 Å². The Morgan fingerprint density at radius 2 is 1.75 bits per heavy atom. The van der Waals surface area contributed by atoms with Gasteiger partial charge in [0.2, 0.25) is 0 Å². The summed E-state index contributed by atoms with van der Waals surface area (Å²) in [6.45, 7) is 4.05. The van der Waals surface area contributed by atoms with Crippen LogP contribution in [0.2, 0.25) is 0 Å². The van der Waals surface area contributed by atoms with E-state index in [1.807, 2.05) is 36.1 Å². The average Bonchev–Trinajstić information content (AvgIpc) is 3.66. The van der Waals surface area contributed by atoms with Gasteiger partial charge in [-0.05, 0) is 69.2 Å². The monoisotopic (exact) mass is 449 g/mol. The molecule has 1 atom stereocenters. The van der Waals surface area contributed by atoms with Gasteiger partial charge in [0.1, 0.15) is 0 Å². The molecule has 1 aromatic heterocycles. The Hall–Kier alpha value is -3.19. The Morgan fingerprint density at radius 1 is 1.03 bits per heavy atom. The molecule has 0 bridgehead atoms. The number of aromatic nitrogens is 1. The number of carbonyl (C=O) groups is 1. The highest BCUT2D eigenvalue weighted by Crippen LogP contribution is 2.35. The van der Waals surface area contributed by atoms with E-state index in [-0.39, 0.29) is 29.4 Å². The van der Waals surface area contributed by atoms with Crippen molar-refractivity contribution in [2.75, 3.05) is 10.8 Å². The summed E-state index contributed by atoms with van der Waals surface area (Å²) in [6.07, 6.45) is 3.61. The Labute approximate surface area is 189 Å². The second-order valence-corrected chi connectivity index (χ2v) is 9.77. The summed E-state index contributed by atoms with van der Waals surface area (Å²) in [7, 11) is -3.81. The maximum absolute atomic E-state index is 13.5. The van der Waals surface area contributed by atoms with Crippen LogP contribution in [-0.4, -0.2) is 36.8 Å². The van der Waals surface area contributed by atoms with Gasteiger partial charge in [0.25, 0.3) is 15.9 Å². The maximum Gasteiger partial charge on any atom is 0.264 e. The second kappa shape index (κ2) is 9.12. The third kappa shape index (κ3) is 4.39. The van der Waals surface area contributed by atoms with E-state index in [9.17, 15) is 13.2 Å². The van der Waals surface area contributed by atoms with E-state index in [0.29, 0.717) is 11.3 Å². The van der Waals surface area contributed by atoms with Gasteiger partial charge in [0, 0.05) is 24.3 Å². The number of rotatable bonds is 8. The predicted molar refractivity (Wildman–Crippen MR) is 125 cm³/mol. The van der Waals surface area contributed by atoms with Crippen LogP contribution in [0.4, 0.5) is 5.69 Å². The van der Waals surface area contributed by atoms with Crippen LogP contribution in [-0.2, 0) is 10.0 Å². The molecule has 1 fully saturated rings. The molecule has 0 radical (unpaired) electrons. The van der Waals surface area contributed by atoms with Crippen molar-refractivity contribution in [2.45, 2.75) is 43.7 Å². The van der Waals surface area contributed by atoms with Crippen molar-refractivity contribution in [1.29, 1.82) is 0 Å². The van der Waals surface area contributed by atoms with Crippen molar-refractivity contribution in [3.8, 4) is 0 Å². The molecule has 0 N–H and O–H groups in total. The number of benzene rings is 2. The molecule has 1 unspecified atom stereocenters. The van der Waals surface area contributed by atoms with Crippen LogP contribution < -0.4 is 4.31 Å². The minimum Gasteiger partial charge on any atom is -0.327 e. The Morgan fingerprint density at radius 3 is 2.38 bits per heavy atom. The molecule has 1 aliphatic rings. The van der Waals surface area contributed by atoms with Crippen LogP contribution >= 0.6 is 0 Å². The maximum atomic E-state index is 13.5. The van der Waals surface area contributed by atoms with Crippen LogP contribution in [0.3, 0.4) is 0 Å². The number of hydrogen-bond acceptors (Lipinski definition) is 4. The lowest BCUT2D eigenvalue weighted by atomic mass is 10.1. The summed E-state index contributed by atoms with van der Waals surface area (Å²) >= 11 is 0. The van der Waals surface area contributed by atoms with Gasteiger partial charge >= 0.3 is 0 Å². The standard InChI is InChI=1S/C25H27N3O3S/c1-3-27(21-11-5-4-6-12-21)32(30,31)23-13-9-10-20(18-23)25(29)28(22-15-16-22)19(2)24-14-7-8-17-26-24/h4-14,17-19,22H,3,15-16H2,1-2H3. The zero-order chi connectivity index (χ0) is 22.7. The van der Waals surface area contributed by atoms with E-state index in [0.717, 1.165) is 18.5 Å². The molecule has 0 saturated heterocycles. The van der Waals surface area contributed by atoms with Crippen molar-refractivity contribution < 1.29 is 13.2 Å². The van der Waals surface area contributed by atoms with Gasteiger partial charge in [-0.25, -0.2) is 8.42 Å². The zero-order valence-corrected chi connectivity index (χ0v) is 19.1. The van der Waals surface area contributed by atoms with Gasteiger partial charge in [-0.3, -0.25) is 14.1 Å². The summed E-state index contributed by atoms with van der Waals surface area (Å²) in [5.74, 6) is -0.175. The highest BCUT2D eigenvalue weighted by atomic mass is 32.2. The van der Waals surface area contributed by atoms with Gasteiger partial charge in [0.15, 0.2) is 0 Å². The molecular weight excluding hydrogens is 422 g/mol. The number of para-hydroxylation sites is 1. The molecule has 1 amide bonds. The first kappa shape index (κ1) is 22.0. The van der Waals surface area contributed by atoms with Crippen LogP contribution in [0.25, 0.3) is 0 Å². The lowest BCUT2D eigenvalue weighted by Gasteiger charge is -2.29. The van der Waals surface area contributed by atoms with Crippen LogP contribution in [0.5, 0.6) is 0 Å². The molecule has 6 nitrogen and oxygen atoms in total. The highest BCUT2D eigenvalue weighted by molar-refractivity contribution is 7.92. The van der Waals surface area contributed by atoms with Crippen molar-refractivity contribution in [3.05, 3.63) is 90.3 Å². The first-order valence-corrected chi connectivity index (χ1v) is 12.3. The normalized spacial score (nSPS) is 14.6. The molecule has 0 aliphatic heterocycles. The number of sulfonamides is 1. The average molecular weight is 450 g/mol. The largest absolute Gasteiger partial charge is 0.327 e. The van der Waals surface area contributed by atoms with E-state index in [4.69, 9.17) is 0 Å². The van der Waals surface area contributed by atoms with Crippen LogP contribution in [0.15, 0.2) is 83.9 Å². The first-order valence-electron chi connectivity index (χ1n) is 10.8. The Kier molecular flexibility index (Phi) is 6.28. The number of amides is 1. The van der Waals surface area contributed by atoms with Crippen molar-refractivity contribution in [2.24, 2.45) is 0 Å². The smallest absolute Gasteiger partial charge is 0.264 e. The summed E-state index contributed by atoms with van der Waals surface area (Å²) < 4.78 is 28.2. The van der Waals surface area contributed by atoms with Gasteiger partial charge in [-0.2, -0.15) is 0 Å². The Balaban J connectivity index is 1.66. The molecule has 2 aromatic carbocycles. The number of nitrogens with zero attached hydrogens (tertiary/aromatic N) is 3. The molecular formula is C25H27N3O3S. The molecule has 7 heteroatoms. The SMILES string of the molecule is CCN(c1ccccc1)S(=O)(=O)c1cccc(C(=O)N(C2CC2)C(C)c2ccccn2)c1. The minimum atomic E-state index is -3.81.